The molecule has 0 fully saturated rings. The number of anilines is 1. The van der Waals surface area contributed by atoms with E-state index < -0.39 is 33.5 Å². The number of rotatable bonds is 7. The van der Waals surface area contributed by atoms with Crippen molar-refractivity contribution in [1.29, 1.82) is 0 Å². The van der Waals surface area contributed by atoms with Gasteiger partial charge >= 0.3 is 11.5 Å². The van der Waals surface area contributed by atoms with Crippen molar-refractivity contribution in [2.45, 2.75) is 47.1 Å². The van der Waals surface area contributed by atoms with Gasteiger partial charge in [0.25, 0.3) is 5.69 Å². The van der Waals surface area contributed by atoms with Crippen LogP contribution in [0.3, 0.4) is 0 Å². The summed E-state index contributed by atoms with van der Waals surface area (Å²) in [5.41, 5.74) is 3.57. The molecule has 0 aliphatic carbocycles. The van der Waals surface area contributed by atoms with Crippen LogP contribution in [0.5, 0.6) is 0 Å². The summed E-state index contributed by atoms with van der Waals surface area (Å²) in [6, 6.07) is 3.27. The molecule has 2 aromatic rings. The number of hydrogen-bond acceptors (Lipinski definition) is 8. The Bertz CT molecular complexity index is 1050. The molecule has 2 rings (SSSR count). The number of carbonyl (C=O) groups excluding carboxylic acids is 2. The van der Waals surface area contributed by atoms with Gasteiger partial charge in [-0.25, -0.2) is 9.78 Å². The minimum atomic E-state index is -0.894. The van der Waals surface area contributed by atoms with Crippen LogP contribution in [0.1, 0.15) is 51.4 Å². The van der Waals surface area contributed by atoms with E-state index in [4.69, 9.17) is 10.6 Å². The van der Waals surface area contributed by atoms with Crippen molar-refractivity contribution >= 4 is 23.4 Å². The van der Waals surface area contributed by atoms with Crippen LogP contribution in [0, 0.1) is 15.5 Å². The number of nitrogens with two attached hydrogens (primary N) is 1. The molecule has 1 amide bonds. The lowest BCUT2D eigenvalue weighted by Gasteiger charge is -2.19. The normalized spacial score (nSPS) is 11.3. The van der Waals surface area contributed by atoms with Gasteiger partial charge in [0.15, 0.2) is 5.82 Å². The standard InChI is InChI=1S/C20H25N5O6/c1-11(2)23-18-19(28)24(31-16(26)9-20(3,4)5)15(10-22-18)12-6-13(17(21)27)8-14(7-12)25(29)30/h6-8,10-11H,9H2,1-5H3,(H2,21,27)(H,22,23). The number of nitrogens with zero attached hydrogens (tertiary/aromatic N) is 3. The number of nitro groups is 1. The van der Waals surface area contributed by atoms with Crippen molar-refractivity contribution in [3.05, 3.63) is 50.4 Å². The number of nitrogens with one attached hydrogen (secondary N) is 1. The lowest BCUT2D eigenvalue weighted by atomic mass is 9.93. The molecule has 166 valence electrons. The van der Waals surface area contributed by atoms with E-state index in [1.54, 1.807) is 13.8 Å². The van der Waals surface area contributed by atoms with Gasteiger partial charge in [-0.05, 0) is 25.3 Å². The van der Waals surface area contributed by atoms with Crippen LogP contribution in [0.25, 0.3) is 11.3 Å². The van der Waals surface area contributed by atoms with Crippen LogP contribution in [-0.2, 0) is 4.79 Å². The molecule has 11 nitrogen and oxygen atoms in total. The Hall–Kier alpha value is -3.76. The van der Waals surface area contributed by atoms with Gasteiger partial charge in [0.1, 0.15) is 5.69 Å². The zero-order valence-electron chi connectivity index (χ0n) is 18.0. The fraction of sp³-hybridized carbons (Fsp3) is 0.400. The summed E-state index contributed by atoms with van der Waals surface area (Å²) in [6.45, 7) is 9.08. The molecule has 1 heterocycles. The van der Waals surface area contributed by atoms with Gasteiger partial charge in [0, 0.05) is 29.3 Å². The van der Waals surface area contributed by atoms with Crippen molar-refractivity contribution in [3.8, 4) is 11.3 Å². The van der Waals surface area contributed by atoms with Gasteiger partial charge in [0.05, 0.1) is 17.5 Å². The first kappa shape index (κ1) is 23.5. The Morgan fingerprint density at radius 2 is 1.94 bits per heavy atom. The van der Waals surface area contributed by atoms with E-state index in [2.05, 4.69) is 10.3 Å². The summed E-state index contributed by atoms with van der Waals surface area (Å²) in [4.78, 5) is 57.0. The second-order valence-electron chi connectivity index (χ2n) is 8.48. The first-order chi connectivity index (χ1) is 14.3. The Labute approximate surface area is 178 Å². The number of benzene rings is 1. The van der Waals surface area contributed by atoms with Crippen LogP contribution in [-0.4, -0.2) is 32.6 Å². The van der Waals surface area contributed by atoms with E-state index >= 15 is 0 Å². The van der Waals surface area contributed by atoms with Crippen LogP contribution in [0.15, 0.2) is 29.2 Å². The Kier molecular flexibility index (Phi) is 6.78. The smallest absolute Gasteiger partial charge is 0.333 e. The maximum atomic E-state index is 13.0. The highest BCUT2D eigenvalue weighted by atomic mass is 16.7. The molecular weight excluding hydrogens is 406 g/mol. The molecule has 1 aromatic heterocycles. The average Bonchev–Trinajstić information content (AvgIpc) is 2.62. The van der Waals surface area contributed by atoms with Crippen LogP contribution < -0.4 is 21.4 Å². The summed E-state index contributed by atoms with van der Waals surface area (Å²) in [7, 11) is 0. The molecule has 3 N–H and O–H groups in total. The molecule has 1 aromatic carbocycles. The third-order valence-corrected chi connectivity index (χ3v) is 3.92. The lowest BCUT2D eigenvalue weighted by molar-refractivity contribution is -0.384. The molecule has 0 aliphatic heterocycles. The predicted molar refractivity (Wildman–Crippen MR) is 114 cm³/mol. The molecule has 0 spiro atoms. The second kappa shape index (κ2) is 8.94. The molecule has 0 radical (unpaired) electrons. The quantitative estimate of drug-likeness (QED) is 0.498. The monoisotopic (exact) mass is 431 g/mol. The molecule has 11 heteroatoms. The van der Waals surface area contributed by atoms with E-state index in [1.165, 1.54) is 12.3 Å². The number of primary amides is 1. The zero-order valence-corrected chi connectivity index (χ0v) is 18.0. The average molecular weight is 431 g/mol. The summed E-state index contributed by atoms with van der Waals surface area (Å²) in [5.74, 6) is -1.64. The summed E-state index contributed by atoms with van der Waals surface area (Å²) < 4.78 is 0.718. The van der Waals surface area contributed by atoms with Gasteiger partial charge in [-0.2, -0.15) is 0 Å². The fourth-order valence-electron chi connectivity index (χ4n) is 2.67. The number of aromatic nitrogens is 2. The van der Waals surface area contributed by atoms with Gasteiger partial charge in [0.2, 0.25) is 5.91 Å². The van der Waals surface area contributed by atoms with E-state index in [-0.39, 0.29) is 35.1 Å². The largest absolute Gasteiger partial charge is 0.366 e. The summed E-state index contributed by atoms with van der Waals surface area (Å²) >= 11 is 0. The first-order valence-electron chi connectivity index (χ1n) is 9.48. The van der Waals surface area contributed by atoms with Crippen molar-refractivity contribution in [3.63, 3.8) is 0 Å². The fourth-order valence-corrected chi connectivity index (χ4v) is 2.67. The third-order valence-electron chi connectivity index (χ3n) is 3.92. The predicted octanol–water partition coefficient (Wildman–Crippen LogP) is 2.13. The number of hydrogen-bond donors (Lipinski definition) is 2. The molecule has 31 heavy (non-hydrogen) atoms. The highest BCUT2D eigenvalue weighted by Gasteiger charge is 2.23. The minimum Gasteiger partial charge on any atom is -0.366 e. The minimum absolute atomic E-state index is 0.00954. The summed E-state index contributed by atoms with van der Waals surface area (Å²) in [6.07, 6.45) is 1.23. The molecule has 0 unspecified atom stereocenters. The molecule has 0 aliphatic rings. The van der Waals surface area contributed by atoms with Crippen molar-refractivity contribution in [2.24, 2.45) is 11.1 Å². The van der Waals surface area contributed by atoms with E-state index in [9.17, 15) is 24.5 Å². The first-order valence-corrected chi connectivity index (χ1v) is 9.48. The molecule has 0 saturated heterocycles. The number of nitro benzene ring substituents is 1. The van der Waals surface area contributed by atoms with Crippen molar-refractivity contribution in [2.75, 3.05) is 5.32 Å². The highest BCUT2D eigenvalue weighted by Crippen LogP contribution is 2.26. The Balaban J connectivity index is 2.70. The number of carbonyl (C=O) groups is 2. The molecule has 0 saturated carbocycles. The van der Waals surface area contributed by atoms with Gasteiger partial charge in [-0.1, -0.05) is 20.8 Å². The summed E-state index contributed by atoms with van der Waals surface area (Å²) in [5, 5.41) is 14.1. The van der Waals surface area contributed by atoms with Crippen LogP contribution in [0.4, 0.5) is 11.5 Å². The van der Waals surface area contributed by atoms with Gasteiger partial charge in [-0.3, -0.25) is 19.7 Å². The Morgan fingerprint density at radius 1 is 1.29 bits per heavy atom. The highest BCUT2D eigenvalue weighted by molar-refractivity contribution is 5.95. The third kappa shape index (κ3) is 6.11. The van der Waals surface area contributed by atoms with Crippen molar-refractivity contribution < 1.29 is 19.3 Å². The van der Waals surface area contributed by atoms with Crippen molar-refractivity contribution in [1.82, 2.24) is 9.71 Å². The molecule has 0 atom stereocenters. The maximum absolute atomic E-state index is 13.0. The number of non-ortho nitro benzene ring substituents is 1. The number of amides is 1. The Morgan fingerprint density at radius 3 is 2.45 bits per heavy atom. The van der Waals surface area contributed by atoms with Crippen LogP contribution >= 0.6 is 0 Å². The SMILES string of the molecule is CC(C)Nc1ncc(-c2cc(C(N)=O)cc([N+](=O)[O-])c2)n(OC(=O)CC(C)(C)C)c1=O. The van der Waals surface area contributed by atoms with E-state index in [1.807, 2.05) is 20.8 Å². The molecular formula is C20H25N5O6. The lowest BCUT2D eigenvalue weighted by Crippen LogP contribution is -2.36. The van der Waals surface area contributed by atoms with Gasteiger partial charge in [-0.15, -0.1) is 4.73 Å². The topological polar surface area (TPSA) is 159 Å². The van der Waals surface area contributed by atoms with Crippen LogP contribution in [0.2, 0.25) is 0 Å². The van der Waals surface area contributed by atoms with Gasteiger partial charge < -0.3 is 15.9 Å². The van der Waals surface area contributed by atoms with E-state index in [0.717, 1.165) is 16.9 Å². The zero-order chi connectivity index (χ0) is 23.5. The molecule has 0 bridgehead atoms. The second-order valence-corrected chi connectivity index (χ2v) is 8.48. The van der Waals surface area contributed by atoms with E-state index in [0.29, 0.717) is 0 Å². The maximum Gasteiger partial charge on any atom is 0.333 e.